The fraction of sp³-hybridized carbons (Fsp3) is 0.231. The van der Waals surface area contributed by atoms with Crippen molar-refractivity contribution < 1.29 is 23.9 Å². The second-order valence-electron chi connectivity index (χ2n) is 4.63. The summed E-state index contributed by atoms with van der Waals surface area (Å²) >= 11 is 1.07. The summed E-state index contributed by atoms with van der Waals surface area (Å²) in [5.74, 6) is -2.39. The molecule has 1 aliphatic rings. The average molecular weight is 306 g/mol. The van der Waals surface area contributed by atoms with Gasteiger partial charge in [-0.25, -0.2) is 4.98 Å². The van der Waals surface area contributed by atoms with Gasteiger partial charge in [0.25, 0.3) is 5.91 Å². The van der Waals surface area contributed by atoms with E-state index in [2.05, 4.69) is 10.3 Å². The van der Waals surface area contributed by atoms with E-state index in [1.165, 1.54) is 18.6 Å². The monoisotopic (exact) mass is 306 g/mol. The number of nitrogens with one attached hydrogen (secondary N) is 1. The summed E-state index contributed by atoms with van der Waals surface area (Å²) in [7, 11) is 0. The number of carbonyl (C=O) groups is 3. The maximum atomic E-state index is 11.9. The number of hydrogen-bond acceptors (Lipinski definition) is 6. The molecule has 0 unspecified atom stereocenters. The van der Waals surface area contributed by atoms with E-state index in [0.29, 0.717) is 16.1 Å². The van der Waals surface area contributed by atoms with Crippen LogP contribution in [0.3, 0.4) is 0 Å². The van der Waals surface area contributed by atoms with Gasteiger partial charge in [-0.1, -0.05) is 11.3 Å². The average Bonchev–Trinajstić information content (AvgIpc) is 3.06. The minimum absolute atomic E-state index is 0.0281. The Morgan fingerprint density at radius 1 is 1.43 bits per heavy atom. The number of Topliss-reactive ketones (excluding diaryl/α,β-unsaturated/α-hetero) is 1. The number of ketones is 1. The Kier molecular flexibility index (Phi) is 3.30. The van der Waals surface area contributed by atoms with Gasteiger partial charge in [0.05, 0.1) is 28.3 Å². The fourth-order valence-corrected chi connectivity index (χ4v) is 3.06. The van der Waals surface area contributed by atoms with Crippen molar-refractivity contribution in [3.8, 4) is 0 Å². The van der Waals surface area contributed by atoms with Crippen molar-refractivity contribution in [1.82, 2.24) is 4.98 Å². The number of furan rings is 1. The van der Waals surface area contributed by atoms with Crippen LogP contribution in [0.15, 0.2) is 23.0 Å². The predicted molar refractivity (Wildman–Crippen MR) is 72.6 cm³/mol. The molecule has 2 heterocycles. The van der Waals surface area contributed by atoms with E-state index in [0.717, 1.165) is 11.3 Å². The molecule has 0 fully saturated rings. The maximum Gasteiger partial charge on any atom is 0.307 e. The molecule has 108 valence electrons. The highest BCUT2D eigenvalue weighted by atomic mass is 32.1. The van der Waals surface area contributed by atoms with Gasteiger partial charge in [0.15, 0.2) is 10.9 Å². The molecule has 0 saturated carbocycles. The van der Waals surface area contributed by atoms with E-state index in [9.17, 15) is 14.4 Å². The van der Waals surface area contributed by atoms with Gasteiger partial charge in [-0.3, -0.25) is 19.7 Å². The van der Waals surface area contributed by atoms with Crippen molar-refractivity contribution in [1.29, 1.82) is 0 Å². The van der Waals surface area contributed by atoms with Crippen molar-refractivity contribution >= 4 is 34.1 Å². The third-order valence-electron chi connectivity index (χ3n) is 3.18. The van der Waals surface area contributed by atoms with Crippen LogP contribution < -0.4 is 5.32 Å². The maximum absolute atomic E-state index is 11.9. The molecule has 0 aromatic carbocycles. The number of fused-ring (bicyclic) bond motifs is 1. The molecule has 1 amide bonds. The van der Waals surface area contributed by atoms with E-state index >= 15 is 0 Å². The van der Waals surface area contributed by atoms with Gasteiger partial charge in [0.1, 0.15) is 6.26 Å². The topological polar surface area (TPSA) is 110 Å². The molecule has 2 aromatic heterocycles. The van der Waals surface area contributed by atoms with Crippen LogP contribution in [0.2, 0.25) is 0 Å². The largest absolute Gasteiger partial charge is 0.481 e. The lowest BCUT2D eigenvalue weighted by Gasteiger charge is -2.15. The third kappa shape index (κ3) is 2.57. The molecular weight excluding hydrogens is 296 g/mol. The molecule has 0 radical (unpaired) electrons. The zero-order valence-electron chi connectivity index (χ0n) is 10.7. The molecule has 0 aliphatic heterocycles. The second-order valence-corrected chi connectivity index (χ2v) is 5.63. The number of carboxylic acid groups (broad SMARTS) is 1. The Hall–Kier alpha value is -2.48. The van der Waals surface area contributed by atoms with Crippen LogP contribution >= 0.6 is 11.3 Å². The van der Waals surface area contributed by atoms with Crippen molar-refractivity contribution in [2.75, 3.05) is 5.32 Å². The minimum atomic E-state index is -1.01. The first-order chi connectivity index (χ1) is 10.0. The predicted octanol–water partition coefficient (Wildman–Crippen LogP) is 1.82. The van der Waals surface area contributed by atoms with Gasteiger partial charge >= 0.3 is 5.97 Å². The molecule has 1 aliphatic carbocycles. The first kappa shape index (κ1) is 13.5. The summed E-state index contributed by atoms with van der Waals surface area (Å²) < 4.78 is 4.81. The van der Waals surface area contributed by atoms with Crippen molar-refractivity contribution in [3.63, 3.8) is 0 Å². The van der Waals surface area contributed by atoms with Crippen molar-refractivity contribution in [2.24, 2.45) is 5.92 Å². The first-order valence-corrected chi connectivity index (χ1v) is 6.95. The lowest BCUT2D eigenvalue weighted by atomic mass is 9.90. The number of carboxylic acids is 1. The number of hydrogen-bond donors (Lipinski definition) is 2. The van der Waals surface area contributed by atoms with Crippen LogP contribution in [0.5, 0.6) is 0 Å². The smallest absolute Gasteiger partial charge is 0.307 e. The Morgan fingerprint density at radius 3 is 2.90 bits per heavy atom. The SMILES string of the molecule is O=C(Nc1nc2c(s1)C(=O)C[C@H](C(=O)O)C2)c1ccoc1. The summed E-state index contributed by atoms with van der Waals surface area (Å²) in [6, 6.07) is 1.51. The van der Waals surface area contributed by atoms with E-state index in [4.69, 9.17) is 9.52 Å². The number of rotatable bonds is 3. The molecule has 8 heteroatoms. The molecule has 0 spiro atoms. The van der Waals surface area contributed by atoms with Gasteiger partial charge in [-0.15, -0.1) is 0 Å². The van der Waals surface area contributed by atoms with Gasteiger partial charge in [-0.2, -0.15) is 0 Å². The van der Waals surface area contributed by atoms with E-state index < -0.39 is 17.8 Å². The van der Waals surface area contributed by atoms with E-state index in [1.807, 2.05) is 0 Å². The quantitative estimate of drug-likeness (QED) is 0.895. The number of anilines is 1. The molecule has 3 rings (SSSR count). The molecule has 21 heavy (non-hydrogen) atoms. The normalized spacial score (nSPS) is 17.3. The van der Waals surface area contributed by atoms with Crippen LogP contribution in [0, 0.1) is 5.92 Å². The number of nitrogens with zero attached hydrogens (tertiary/aromatic N) is 1. The van der Waals surface area contributed by atoms with E-state index in [-0.39, 0.29) is 23.8 Å². The van der Waals surface area contributed by atoms with Crippen LogP contribution in [-0.2, 0) is 11.2 Å². The summed E-state index contributed by atoms with van der Waals surface area (Å²) in [6.07, 6.45) is 2.85. The number of carbonyl (C=O) groups excluding carboxylic acids is 2. The van der Waals surface area contributed by atoms with E-state index in [1.54, 1.807) is 0 Å². The van der Waals surface area contributed by atoms with Crippen molar-refractivity contribution in [2.45, 2.75) is 12.8 Å². The number of aliphatic carboxylic acids is 1. The fourth-order valence-electron chi connectivity index (χ4n) is 2.12. The Morgan fingerprint density at radius 2 is 2.24 bits per heavy atom. The van der Waals surface area contributed by atoms with Crippen molar-refractivity contribution in [3.05, 3.63) is 34.7 Å². The summed E-state index contributed by atoms with van der Waals surface area (Å²) in [5.41, 5.74) is 0.782. The first-order valence-electron chi connectivity index (χ1n) is 6.14. The van der Waals surface area contributed by atoms with Gasteiger partial charge in [-0.05, 0) is 6.07 Å². The summed E-state index contributed by atoms with van der Waals surface area (Å²) in [5, 5.41) is 11.9. The standard InChI is InChI=1S/C13H10N2O5S/c16-9-4-7(12(18)19)3-8-10(9)21-13(14-8)15-11(17)6-1-2-20-5-6/h1-2,5,7H,3-4H2,(H,18,19)(H,14,15,17)/t7-/m1/s1. The van der Waals surface area contributed by atoms with Crippen LogP contribution in [0.4, 0.5) is 5.13 Å². The highest BCUT2D eigenvalue weighted by molar-refractivity contribution is 7.17. The van der Waals surface area contributed by atoms with Crippen LogP contribution in [-0.4, -0.2) is 27.8 Å². The van der Waals surface area contributed by atoms with Gasteiger partial charge in [0.2, 0.25) is 0 Å². The number of thiazole rings is 1. The lowest BCUT2D eigenvalue weighted by Crippen LogP contribution is -2.25. The molecule has 1 atom stereocenters. The molecule has 7 nitrogen and oxygen atoms in total. The van der Waals surface area contributed by atoms with Crippen LogP contribution in [0.1, 0.15) is 32.1 Å². The zero-order valence-corrected chi connectivity index (χ0v) is 11.5. The second kappa shape index (κ2) is 5.13. The summed E-state index contributed by atoms with van der Waals surface area (Å²) in [6.45, 7) is 0. The lowest BCUT2D eigenvalue weighted by molar-refractivity contribution is -0.141. The molecule has 2 aromatic rings. The Balaban J connectivity index is 1.81. The summed E-state index contributed by atoms with van der Waals surface area (Å²) in [4.78, 5) is 39.3. The number of aromatic nitrogens is 1. The highest BCUT2D eigenvalue weighted by Gasteiger charge is 2.33. The minimum Gasteiger partial charge on any atom is -0.481 e. The zero-order chi connectivity index (χ0) is 15.0. The molecule has 0 bridgehead atoms. The molecule has 2 N–H and O–H groups in total. The Labute approximate surface area is 122 Å². The molecule has 0 saturated heterocycles. The van der Waals surface area contributed by atoms with Crippen LogP contribution in [0.25, 0.3) is 0 Å². The van der Waals surface area contributed by atoms with Gasteiger partial charge in [0, 0.05) is 12.8 Å². The highest BCUT2D eigenvalue weighted by Crippen LogP contribution is 2.32. The Bertz CT molecular complexity index is 719. The number of amides is 1. The molecular formula is C13H10N2O5S. The van der Waals surface area contributed by atoms with Gasteiger partial charge < -0.3 is 9.52 Å². The third-order valence-corrected chi connectivity index (χ3v) is 4.23.